The van der Waals surface area contributed by atoms with E-state index in [2.05, 4.69) is 10.3 Å². The van der Waals surface area contributed by atoms with E-state index in [0.29, 0.717) is 19.7 Å². The lowest BCUT2D eigenvalue weighted by Crippen LogP contribution is -2.42. The maximum atomic E-state index is 12.7. The number of imidazole rings is 1. The molecule has 0 unspecified atom stereocenters. The Morgan fingerprint density at radius 2 is 1.64 bits per heavy atom. The van der Waals surface area contributed by atoms with Crippen LogP contribution in [0.3, 0.4) is 0 Å². The van der Waals surface area contributed by atoms with Crippen molar-refractivity contribution in [2.75, 3.05) is 18.4 Å². The fraction of sp³-hybridized carbons (Fsp3) is 0.231. The molecular formula is C26H26N4O3. The summed E-state index contributed by atoms with van der Waals surface area (Å²) in [6.07, 6.45) is 1.48. The third kappa shape index (κ3) is 4.62. The molecule has 0 spiro atoms. The van der Waals surface area contributed by atoms with E-state index in [1.54, 1.807) is 4.90 Å². The molecule has 7 nitrogen and oxygen atoms in total. The number of carbonyl (C=O) groups excluding carboxylic acids is 1. The van der Waals surface area contributed by atoms with Gasteiger partial charge in [0.15, 0.2) is 0 Å². The van der Waals surface area contributed by atoms with Crippen molar-refractivity contribution < 1.29 is 9.53 Å². The van der Waals surface area contributed by atoms with Gasteiger partial charge in [-0.1, -0.05) is 42.5 Å². The Balaban J connectivity index is 1.15. The molecule has 0 bridgehead atoms. The standard InChI is InChI=1S/C26H26N4O3/c31-25(27-20-10-12-22(13-11-20)33-18-19-6-2-1-3-7-19)29-16-14-21(15-17-29)30-24-9-5-4-8-23(24)28-26(30)32/h1-13,21H,14-18H2,(H,27,31)(H,28,32). The summed E-state index contributed by atoms with van der Waals surface area (Å²) in [6.45, 7) is 1.70. The molecule has 0 atom stereocenters. The normalized spacial score (nSPS) is 14.4. The summed E-state index contributed by atoms with van der Waals surface area (Å²) in [5, 5.41) is 2.96. The molecule has 1 aliphatic rings. The largest absolute Gasteiger partial charge is 0.489 e. The van der Waals surface area contributed by atoms with Gasteiger partial charge in [0.05, 0.1) is 11.0 Å². The number of carbonyl (C=O) groups is 1. The van der Waals surface area contributed by atoms with E-state index in [0.717, 1.165) is 40.9 Å². The Bertz CT molecular complexity index is 1290. The molecular weight excluding hydrogens is 416 g/mol. The Morgan fingerprint density at radius 3 is 2.39 bits per heavy atom. The highest BCUT2D eigenvalue weighted by Gasteiger charge is 2.26. The van der Waals surface area contributed by atoms with Gasteiger partial charge in [-0.15, -0.1) is 0 Å². The van der Waals surface area contributed by atoms with Gasteiger partial charge in [-0.25, -0.2) is 9.59 Å². The highest BCUT2D eigenvalue weighted by atomic mass is 16.5. The summed E-state index contributed by atoms with van der Waals surface area (Å²) in [5.74, 6) is 0.752. The smallest absolute Gasteiger partial charge is 0.326 e. The minimum atomic E-state index is -0.127. The van der Waals surface area contributed by atoms with Gasteiger partial charge in [0.2, 0.25) is 0 Å². The number of aromatic amines is 1. The average Bonchev–Trinajstić information content (AvgIpc) is 3.20. The number of hydrogen-bond donors (Lipinski definition) is 2. The number of urea groups is 1. The van der Waals surface area contributed by atoms with Crippen LogP contribution in [-0.2, 0) is 6.61 Å². The van der Waals surface area contributed by atoms with Crippen LogP contribution in [0, 0.1) is 0 Å². The van der Waals surface area contributed by atoms with Crippen LogP contribution in [0.1, 0.15) is 24.4 Å². The maximum Gasteiger partial charge on any atom is 0.326 e. The number of ether oxygens (including phenoxy) is 1. The lowest BCUT2D eigenvalue weighted by atomic mass is 10.0. The molecule has 3 aromatic carbocycles. The summed E-state index contributed by atoms with van der Waals surface area (Å²) in [7, 11) is 0. The minimum absolute atomic E-state index is 0.0822. The van der Waals surface area contributed by atoms with E-state index in [-0.39, 0.29) is 17.8 Å². The first kappa shape index (κ1) is 20.9. The van der Waals surface area contributed by atoms with Crippen LogP contribution in [-0.4, -0.2) is 33.6 Å². The van der Waals surface area contributed by atoms with Crippen molar-refractivity contribution in [2.24, 2.45) is 0 Å². The van der Waals surface area contributed by atoms with Gasteiger partial charge in [0.25, 0.3) is 0 Å². The molecule has 1 aromatic heterocycles. The van der Waals surface area contributed by atoms with Crippen molar-refractivity contribution >= 4 is 22.8 Å². The summed E-state index contributed by atoms with van der Waals surface area (Å²) >= 11 is 0. The van der Waals surface area contributed by atoms with E-state index in [9.17, 15) is 9.59 Å². The number of benzene rings is 3. The van der Waals surface area contributed by atoms with Crippen LogP contribution in [0.25, 0.3) is 11.0 Å². The highest BCUT2D eigenvalue weighted by Crippen LogP contribution is 2.25. The van der Waals surface area contributed by atoms with Crippen LogP contribution in [0.4, 0.5) is 10.5 Å². The summed E-state index contributed by atoms with van der Waals surface area (Å²) in [6, 6.07) is 25.1. The summed E-state index contributed by atoms with van der Waals surface area (Å²) in [5.41, 5.74) is 3.50. The van der Waals surface area contributed by atoms with Gasteiger partial charge in [-0.3, -0.25) is 4.57 Å². The number of piperidine rings is 1. The molecule has 1 saturated heterocycles. The number of rotatable bonds is 5. The molecule has 7 heteroatoms. The van der Waals surface area contributed by atoms with Crippen LogP contribution in [0.2, 0.25) is 0 Å². The lowest BCUT2D eigenvalue weighted by molar-refractivity contribution is 0.184. The number of aromatic nitrogens is 2. The Kier molecular flexibility index (Phi) is 5.85. The second-order valence-corrected chi connectivity index (χ2v) is 8.26. The maximum absolute atomic E-state index is 12.7. The SMILES string of the molecule is O=C(Nc1ccc(OCc2ccccc2)cc1)N1CCC(n2c(=O)[nH]c3ccccc32)CC1. The van der Waals surface area contributed by atoms with Crippen molar-refractivity contribution in [1.82, 2.24) is 14.5 Å². The molecule has 2 amide bonds. The van der Waals surface area contributed by atoms with Crippen LogP contribution >= 0.6 is 0 Å². The van der Waals surface area contributed by atoms with Crippen LogP contribution in [0.15, 0.2) is 83.7 Å². The minimum Gasteiger partial charge on any atom is -0.489 e. The fourth-order valence-electron chi connectivity index (χ4n) is 4.34. The molecule has 2 N–H and O–H groups in total. The molecule has 2 heterocycles. The van der Waals surface area contributed by atoms with E-state index in [1.807, 2.05) is 83.4 Å². The van der Waals surface area contributed by atoms with Gasteiger partial charge in [0.1, 0.15) is 12.4 Å². The molecule has 168 valence electrons. The van der Waals surface area contributed by atoms with Gasteiger partial charge in [-0.05, 0) is 54.8 Å². The van der Waals surface area contributed by atoms with Crippen molar-refractivity contribution in [3.05, 3.63) is 94.9 Å². The zero-order chi connectivity index (χ0) is 22.6. The van der Waals surface area contributed by atoms with Crippen LogP contribution < -0.4 is 15.7 Å². The molecule has 1 aliphatic heterocycles. The van der Waals surface area contributed by atoms with Gasteiger partial charge in [0, 0.05) is 24.8 Å². The van der Waals surface area contributed by atoms with E-state index >= 15 is 0 Å². The number of H-pyrrole nitrogens is 1. The number of hydrogen-bond acceptors (Lipinski definition) is 3. The molecule has 33 heavy (non-hydrogen) atoms. The monoisotopic (exact) mass is 442 g/mol. The molecule has 0 radical (unpaired) electrons. The van der Waals surface area contributed by atoms with E-state index in [4.69, 9.17) is 4.74 Å². The second kappa shape index (κ2) is 9.24. The average molecular weight is 443 g/mol. The van der Waals surface area contributed by atoms with E-state index < -0.39 is 0 Å². The third-order valence-electron chi connectivity index (χ3n) is 6.09. The molecule has 5 rings (SSSR count). The predicted octanol–water partition coefficient (Wildman–Crippen LogP) is 4.78. The van der Waals surface area contributed by atoms with Crippen LogP contribution in [0.5, 0.6) is 5.75 Å². The van der Waals surface area contributed by atoms with E-state index in [1.165, 1.54) is 0 Å². The second-order valence-electron chi connectivity index (χ2n) is 8.26. The van der Waals surface area contributed by atoms with Crippen molar-refractivity contribution in [1.29, 1.82) is 0 Å². The first-order valence-corrected chi connectivity index (χ1v) is 11.2. The number of nitrogens with one attached hydrogen (secondary N) is 2. The Labute approximate surface area is 191 Å². The predicted molar refractivity (Wildman–Crippen MR) is 129 cm³/mol. The number of para-hydroxylation sites is 2. The zero-order valence-corrected chi connectivity index (χ0v) is 18.2. The number of amides is 2. The summed E-state index contributed by atoms with van der Waals surface area (Å²) < 4.78 is 7.63. The Hall–Kier alpha value is -4.00. The van der Waals surface area contributed by atoms with Gasteiger partial charge < -0.3 is 19.9 Å². The first-order valence-electron chi connectivity index (χ1n) is 11.2. The molecule has 1 fully saturated rings. The number of fused-ring (bicyclic) bond motifs is 1. The van der Waals surface area contributed by atoms with Crippen molar-refractivity contribution in [3.8, 4) is 5.75 Å². The molecule has 4 aromatic rings. The van der Waals surface area contributed by atoms with Crippen molar-refractivity contribution in [3.63, 3.8) is 0 Å². The quantitative estimate of drug-likeness (QED) is 0.467. The Morgan fingerprint density at radius 1 is 0.939 bits per heavy atom. The number of nitrogens with zero attached hydrogens (tertiary/aromatic N) is 2. The molecule has 0 saturated carbocycles. The van der Waals surface area contributed by atoms with Gasteiger partial charge in [-0.2, -0.15) is 0 Å². The van der Waals surface area contributed by atoms with Gasteiger partial charge >= 0.3 is 11.7 Å². The molecule has 0 aliphatic carbocycles. The highest BCUT2D eigenvalue weighted by molar-refractivity contribution is 5.89. The number of likely N-dealkylation sites (tertiary alicyclic amines) is 1. The van der Waals surface area contributed by atoms with Crippen molar-refractivity contribution in [2.45, 2.75) is 25.5 Å². The topological polar surface area (TPSA) is 79.4 Å². The number of anilines is 1. The first-order chi connectivity index (χ1) is 16.2. The fourth-order valence-corrected chi connectivity index (χ4v) is 4.34. The lowest BCUT2D eigenvalue weighted by Gasteiger charge is -2.32. The zero-order valence-electron chi connectivity index (χ0n) is 18.2. The third-order valence-corrected chi connectivity index (χ3v) is 6.09. The summed E-state index contributed by atoms with van der Waals surface area (Å²) in [4.78, 5) is 29.9.